The van der Waals surface area contributed by atoms with Crippen LogP contribution in [-0.2, 0) is 4.79 Å². The standard InChI is InChI=1S/C14H12O2.C9H17NO.ClH/c15-14(16)13(11-7-3-1-4-8-11)12-9-5-2-6-10-12;1-9(11)5-4-8-3-2-6-10(9)7-8;/h1-10,13H,(H,15,16);8,11H,2-7H2,1H3;1H. The molecule has 0 aromatic heterocycles. The van der Waals surface area contributed by atoms with Crippen LogP contribution in [0, 0.1) is 5.92 Å². The van der Waals surface area contributed by atoms with Gasteiger partial charge in [0.25, 0.3) is 0 Å². The number of halogens is 1. The Kier molecular flexibility index (Phi) is 8.05. The van der Waals surface area contributed by atoms with E-state index in [0.717, 1.165) is 36.6 Å². The summed E-state index contributed by atoms with van der Waals surface area (Å²) in [4.78, 5) is 13.5. The highest BCUT2D eigenvalue weighted by Crippen LogP contribution is 2.34. The Hall–Kier alpha value is -1.88. The molecular formula is C23H30ClNO3. The third-order valence-corrected chi connectivity index (χ3v) is 5.74. The molecule has 0 saturated carbocycles. The fourth-order valence-electron chi connectivity index (χ4n) is 4.14. The van der Waals surface area contributed by atoms with Gasteiger partial charge in [0.2, 0.25) is 0 Å². The molecule has 2 heterocycles. The third kappa shape index (κ3) is 5.57. The van der Waals surface area contributed by atoms with Gasteiger partial charge in [-0.05, 0) is 49.7 Å². The molecule has 0 spiro atoms. The average molecular weight is 404 g/mol. The summed E-state index contributed by atoms with van der Waals surface area (Å²) in [5.41, 5.74) is 1.12. The van der Waals surface area contributed by atoms with Crippen molar-refractivity contribution in [1.29, 1.82) is 0 Å². The van der Waals surface area contributed by atoms with E-state index < -0.39 is 17.6 Å². The molecule has 152 valence electrons. The second-order valence-electron chi connectivity index (χ2n) is 7.80. The van der Waals surface area contributed by atoms with Gasteiger partial charge in [-0.2, -0.15) is 0 Å². The predicted octanol–water partition coefficient (Wildman–Crippen LogP) is 4.53. The maximum atomic E-state index is 11.3. The van der Waals surface area contributed by atoms with Crippen molar-refractivity contribution in [3.8, 4) is 0 Å². The normalized spacial score (nSPS) is 25.8. The zero-order valence-electron chi connectivity index (χ0n) is 16.3. The summed E-state index contributed by atoms with van der Waals surface area (Å²) < 4.78 is 0. The number of carbonyl (C=O) groups is 1. The maximum Gasteiger partial charge on any atom is 0.315 e. The van der Waals surface area contributed by atoms with Gasteiger partial charge in [-0.1, -0.05) is 60.7 Å². The molecule has 2 bridgehead atoms. The Morgan fingerprint density at radius 1 is 1.04 bits per heavy atom. The van der Waals surface area contributed by atoms with Gasteiger partial charge in [-0.15, -0.1) is 12.4 Å². The second-order valence-corrected chi connectivity index (χ2v) is 7.80. The average Bonchev–Trinajstić information content (AvgIpc) is 2.68. The van der Waals surface area contributed by atoms with Crippen molar-refractivity contribution in [2.45, 2.75) is 44.2 Å². The number of carboxylic acids is 1. The summed E-state index contributed by atoms with van der Waals surface area (Å²) in [5.74, 6) is -0.524. The zero-order valence-corrected chi connectivity index (χ0v) is 17.1. The number of hydrogen-bond donors (Lipinski definition) is 2. The van der Waals surface area contributed by atoms with E-state index >= 15 is 0 Å². The molecule has 2 aliphatic rings. The smallest absolute Gasteiger partial charge is 0.315 e. The maximum absolute atomic E-state index is 11.3. The largest absolute Gasteiger partial charge is 0.481 e. The van der Waals surface area contributed by atoms with Crippen LogP contribution in [0.3, 0.4) is 0 Å². The van der Waals surface area contributed by atoms with E-state index in [1.807, 2.05) is 67.6 Å². The molecule has 0 amide bonds. The van der Waals surface area contributed by atoms with Crippen LogP contribution in [0.4, 0.5) is 0 Å². The van der Waals surface area contributed by atoms with Gasteiger partial charge in [0, 0.05) is 13.1 Å². The molecule has 2 fully saturated rings. The Bertz CT molecular complexity index is 697. The lowest BCUT2D eigenvalue weighted by molar-refractivity contribution is -0.142. The van der Waals surface area contributed by atoms with Crippen molar-refractivity contribution in [3.63, 3.8) is 0 Å². The lowest BCUT2D eigenvalue weighted by Crippen LogP contribution is -2.54. The second kappa shape index (κ2) is 10.1. The van der Waals surface area contributed by atoms with Crippen molar-refractivity contribution >= 4 is 18.4 Å². The summed E-state index contributed by atoms with van der Waals surface area (Å²) in [5, 5.41) is 19.2. The van der Waals surface area contributed by atoms with E-state index in [-0.39, 0.29) is 12.4 Å². The first-order chi connectivity index (χ1) is 13.0. The minimum atomic E-state index is -0.822. The van der Waals surface area contributed by atoms with Crippen molar-refractivity contribution < 1.29 is 15.0 Å². The topological polar surface area (TPSA) is 60.8 Å². The highest BCUT2D eigenvalue weighted by Gasteiger charge is 2.37. The number of nitrogens with zero attached hydrogens (tertiary/aromatic N) is 1. The summed E-state index contributed by atoms with van der Waals surface area (Å²) in [6, 6.07) is 18.5. The molecule has 3 unspecified atom stereocenters. The molecule has 2 aromatic carbocycles. The van der Waals surface area contributed by atoms with E-state index in [1.54, 1.807) is 0 Å². The monoisotopic (exact) mass is 403 g/mol. The van der Waals surface area contributed by atoms with Crippen LogP contribution in [0.25, 0.3) is 0 Å². The fourth-order valence-corrected chi connectivity index (χ4v) is 4.14. The molecule has 4 nitrogen and oxygen atoms in total. The van der Waals surface area contributed by atoms with E-state index in [2.05, 4.69) is 4.90 Å². The quantitative estimate of drug-likeness (QED) is 0.790. The Morgan fingerprint density at radius 3 is 2.04 bits per heavy atom. The molecule has 5 heteroatoms. The van der Waals surface area contributed by atoms with Gasteiger partial charge in [-0.25, -0.2) is 0 Å². The Balaban J connectivity index is 0.000000205. The highest BCUT2D eigenvalue weighted by molar-refractivity contribution is 5.85. The number of benzene rings is 2. The minimum Gasteiger partial charge on any atom is -0.481 e. The van der Waals surface area contributed by atoms with E-state index in [0.29, 0.717) is 0 Å². The van der Waals surface area contributed by atoms with Gasteiger partial charge in [0.1, 0.15) is 11.6 Å². The molecule has 0 radical (unpaired) electrons. The third-order valence-electron chi connectivity index (χ3n) is 5.74. The van der Waals surface area contributed by atoms with Crippen LogP contribution < -0.4 is 0 Å². The first-order valence-corrected chi connectivity index (χ1v) is 9.77. The van der Waals surface area contributed by atoms with Gasteiger partial charge in [0.15, 0.2) is 0 Å². The van der Waals surface area contributed by atoms with Crippen molar-refractivity contribution in [2.24, 2.45) is 5.92 Å². The van der Waals surface area contributed by atoms with E-state index in [9.17, 15) is 15.0 Å². The fraction of sp³-hybridized carbons (Fsp3) is 0.435. The zero-order chi connectivity index (χ0) is 19.3. The molecule has 2 saturated heterocycles. The molecule has 3 atom stereocenters. The molecule has 0 aliphatic carbocycles. The van der Waals surface area contributed by atoms with Crippen molar-refractivity contribution in [1.82, 2.24) is 4.90 Å². The first kappa shape index (κ1) is 22.4. The summed E-state index contributed by atoms with van der Waals surface area (Å²) >= 11 is 0. The molecule has 2 aliphatic heterocycles. The molecule has 2 N–H and O–H groups in total. The predicted molar refractivity (Wildman–Crippen MR) is 114 cm³/mol. The van der Waals surface area contributed by atoms with Gasteiger partial charge in [0.05, 0.1) is 0 Å². The highest BCUT2D eigenvalue weighted by atomic mass is 35.5. The number of carboxylic acid groups (broad SMARTS) is 1. The van der Waals surface area contributed by atoms with Crippen molar-refractivity contribution in [2.75, 3.05) is 13.1 Å². The van der Waals surface area contributed by atoms with Gasteiger partial charge >= 0.3 is 5.97 Å². The van der Waals surface area contributed by atoms with Gasteiger partial charge < -0.3 is 10.2 Å². The number of fused-ring (bicyclic) bond motifs is 2. The summed E-state index contributed by atoms with van der Waals surface area (Å²) in [7, 11) is 0. The van der Waals surface area contributed by atoms with Crippen LogP contribution in [-0.4, -0.2) is 39.9 Å². The summed E-state index contributed by atoms with van der Waals surface area (Å²) in [6.45, 7) is 4.19. The Morgan fingerprint density at radius 2 is 1.57 bits per heavy atom. The van der Waals surface area contributed by atoms with E-state index in [1.165, 1.54) is 19.3 Å². The SMILES string of the molecule is CC1(O)CCC2CCCN1C2.Cl.O=C(O)C(c1ccccc1)c1ccccc1. The number of piperidine rings is 2. The lowest BCUT2D eigenvalue weighted by atomic mass is 9.84. The number of rotatable bonds is 3. The van der Waals surface area contributed by atoms with Crippen LogP contribution in [0.1, 0.15) is 49.7 Å². The molecule has 28 heavy (non-hydrogen) atoms. The number of aliphatic hydroxyl groups is 1. The Labute approximate surface area is 173 Å². The number of hydrogen-bond acceptors (Lipinski definition) is 3. The van der Waals surface area contributed by atoms with Crippen LogP contribution in [0.2, 0.25) is 0 Å². The summed E-state index contributed by atoms with van der Waals surface area (Å²) in [6.07, 6.45) is 4.86. The minimum absolute atomic E-state index is 0. The molecule has 2 aromatic rings. The van der Waals surface area contributed by atoms with Gasteiger partial charge in [-0.3, -0.25) is 9.69 Å². The molecular weight excluding hydrogens is 374 g/mol. The van der Waals surface area contributed by atoms with Crippen LogP contribution >= 0.6 is 12.4 Å². The first-order valence-electron chi connectivity index (χ1n) is 9.77. The van der Waals surface area contributed by atoms with Crippen molar-refractivity contribution in [3.05, 3.63) is 71.8 Å². The van der Waals surface area contributed by atoms with Crippen LogP contribution in [0.15, 0.2) is 60.7 Å². The van der Waals surface area contributed by atoms with E-state index in [4.69, 9.17) is 0 Å². The lowest BCUT2D eigenvalue weighted by Gasteiger charge is -2.47. The van der Waals surface area contributed by atoms with Crippen LogP contribution in [0.5, 0.6) is 0 Å². The molecule has 4 rings (SSSR count). The number of aliphatic carboxylic acids is 1.